The second-order valence-corrected chi connectivity index (χ2v) is 3.92. The van der Waals surface area contributed by atoms with Crippen LogP contribution in [0, 0.1) is 0 Å². The van der Waals surface area contributed by atoms with E-state index in [-0.39, 0.29) is 70.6 Å². The first-order valence-corrected chi connectivity index (χ1v) is 4.90. The van der Waals surface area contributed by atoms with E-state index >= 15 is 0 Å². The first kappa shape index (κ1) is 19.1. The van der Waals surface area contributed by atoms with Gasteiger partial charge in [-0.2, -0.15) is 0 Å². The Morgan fingerprint density at radius 2 is 0.909 bits per heavy atom. The van der Waals surface area contributed by atoms with Crippen LogP contribution < -0.4 is 28.8 Å². The average Bonchev–Trinajstić information content (AvgIpc) is 1.14. The van der Waals surface area contributed by atoms with E-state index in [1.165, 1.54) is 0 Å². The summed E-state index contributed by atoms with van der Waals surface area (Å²) < 4.78 is 2.57. The first-order valence-electron chi connectivity index (χ1n) is 1.63. The van der Waals surface area contributed by atoms with Gasteiger partial charge in [0.05, 0.1) is 0 Å². The predicted molar refractivity (Wildman–Crippen MR) is 18.3 cm³/mol. The van der Waals surface area contributed by atoms with Crippen LogP contribution >= 0.6 is 0 Å². The molecule has 0 spiro atoms. The van der Waals surface area contributed by atoms with Crippen molar-refractivity contribution >= 4 is 67.0 Å². The normalized spacial score (nSPS) is 11.5. The van der Waals surface area contributed by atoms with Crippen LogP contribution in [0.5, 0.6) is 0 Å². The SMILES string of the molecule is [Ba+2].[O-][Si]([O-])([O-])O[Si]([O-])([O-])[O-].[Ti+4]. The van der Waals surface area contributed by atoms with E-state index in [9.17, 15) is 28.8 Å². The van der Waals surface area contributed by atoms with Gasteiger partial charge in [0.2, 0.25) is 0 Å². The molecule has 0 rings (SSSR count). The second-order valence-electron chi connectivity index (χ2n) is 1.10. The molecule has 0 N–H and O–H groups in total. The molecule has 0 unspecified atom stereocenters. The average molecular weight is 353 g/mol. The first-order chi connectivity index (χ1) is 3.71. The zero-order valence-electron chi connectivity index (χ0n) is 5.06. The summed E-state index contributed by atoms with van der Waals surface area (Å²) in [6, 6.07) is 0. The Hall–Kier alpha value is 2.44. The fraction of sp³-hybridized carbons (Fsp3) is 0. The molecule has 7 nitrogen and oxygen atoms in total. The van der Waals surface area contributed by atoms with Gasteiger partial charge in [-0.25, -0.2) is 0 Å². The van der Waals surface area contributed by atoms with E-state index in [1.54, 1.807) is 0 Å². The maximum absolute atomic E-state index is 9.36. The summed E-state index contributed by atoms with van der Waals surface area (Å²) in [7, 11) is -11.8. The predicted octanol–water partition coefficient (Wildman–Crippen LogP) is -8.35. The van der Waals surface area contributed by atoms with E-state index in [0.29, 0.717) is 0 Å². The van der Waals surface area contributed by atoms with Crippen molar-refractivity contribution in [3.05, 3.63) is 0 Å². The van der Waals surface area contributed by atoms with Crippen LogP contribution in [-0.4, -0.2) is 67.0 Å². The summed E-state index contributed by atoms with van der Waals surface area (Å²) in [6.07, 6.45) is 0. The number of rotatable bonds is 2. The molecule has 0 aromatic heterocycles. The third-order valence-electron chi connectivity index (χ3n) is 0.250. The van der Waals surface area contributed by atoms with Crippen LogP contribution in [0.1, 0.15) is 0 Å². The minimum Gasteiger partial charge on any atom is -0.862 e. The summed E-state index contributed by atoms with van der Waals surface area (Å²) in [6.45, 7) is 0. The summed E-state index contributed by atoms with van der Waals surface area (Å²) >= 11 is 0. The van der Waals surface area contributed by atoms with E-state index < -0.39 is 18.1 Å². The Bertz CT molecular complexity index is 81.6. The molecule has 0 heterocycles. The minimum atomic E-state index is -5.92. The van der Waals surface area contributed by atoms with Gasteiger partial charge in [0.25, 0.3) is 0 Å². The fourth-order valence-electron chi connectivity index (χ4n) is 0.153. The molecule has 0 aliphatic heterocycles. The summed E-state index contributed by atoms with van der Waals surface area (Å²) in [5, 5.41) is 0. The molecule has 0 aromatic carbocycles. The van der Waals surface area contributed by atoms with E-state index in [4.69, 9.17) is 0 Å². The number of hydrogen-bond donors (Lipinski definition) is 0. The van der Waals surface area contributed by atoms with Gasteiger partial charge in [-0.05, 0) is 0 Å². The van der Waals surface area contributed by atoms with Gasteiger partial charge in [0.1, 0.15) is 0 Å². The molecule has 0 saturated heterocycles. The van der Waals surface area contributed by atoms with Crippen molar-refractivity contribution < 1.29 is 54.6 Å². The maximum Gasteiger partial charge on any atom is 4.00 e. The molecule has 11 heavy (non-hydrogen) atoms. The van der Waals surface area contributed by atoms with Crippen molar-refractivity contribution in [3.8, 4) is 0 Å². The molecule has 0 radical (unpaired) electrons. The van der Waals surface area contributed by atoms with Crippen molar-refractivity contribution in [2.45, 2.75) is 0 Å². The van der Waals surface area contributed by atoms with Gasteiger partial charge in [0, 0.05) is 0 Å². The number of hydrogen-bond acceptors (Lipinski definition) is 7. The minimum absolute atomic E-state index is 0. The molecular formula is BaO7Si2Ti. The van der Waals surface area contributed by atoms with Crippen LogP contribution in [0.15, 0.2) is 0 Å². The van der Waals surface area contributed by atoms with Gasteiger partial charge in [0.15, 0.2) is 0 Å². The molecule has 0 bridgehead atoms. The summed E-state index contributed by atoms with van der Waals surface area (Å²) in [5.41, 5.74) is 0. The molecule has 56 valence electrons. The smallest absolute Gasteiger partial charge is 0.862 e. The monoisotopic (exact) mass is 354 g/mol. The molecular weight excluding hydrogens is 353 g/mol. The fourth-order valence-corrected chi connectivity index (χ4v) is 1.38. The Morgan fingerprint density at radius 1 is 0.727 bits per heavy atom. The molecule has 0 aliphatic rings. The van der Waals surface area contributed by atoms with Crippen molar-refractivity contribution in [1.82, 2.24) is 0 Å². The van der Waals surface area contributed by atoms with Crippen LogP contribution in [0.3, 0.4) is 0 Å². The second kappa shape index (κ2) is 6.83. The van der Waals surface area contributed by atoms with Crippen molar-refractivity contribution in [2.75, 3.05) is 0 Å². The molecule has 0 atom stereocenters. The van der Waals surface area contributed by atoms with Gasteiger partial charge in [-0.15, -0.1) is 18.1 Å². The van der Waals surface area contributed by atoms with Crippen LogP contribution in [0.25, 0.3) is 0 Å². The van der Waals surface area contributed by atoms with Gasteiger partial charge in [-0.3, -0.25) is 0 Å². The third-order valence-corrected chi connectivity index (χ3v) is 2.25. The standard InChI is InChI=1S/Ba.O7Si2.Ti/c;1-8(2,3)7-9(4,5)6;/q+2;-6;+4. The van der Waals surface area contributed by atoms with Crippen molar-refractivity contribution in [2.24, 2.45) is 0 Å². The Balaban J connectivity index is -0.000000320. The molecule has 0 aromatic rings. The summed E-state index contributed by atoms with van der Waals surface area (Å²) in [5.74, 6) is 0. The van der Waals surface area contributed by atoms with E-state index in [1.807, 2.05) is 0 Å². The quantitative estimate of drug-likeness (QED) is 0.448. The van der Waals surface area contributed by atoms with Crippen LogP contribution in [-0.2, 0) is 25.8 Å². The van der Waals surface area contributed by atoms with Crippen LogP contribution in [0.4, 0.5) is 0 Å². The molecule has 0 amide bonds. The molecule has 0 saturated carbocycles. The van der Waals surface area contributed by atoms with E-state index in [2.05, 4.69) is 4.12 Å². The van der Waals surface area contributed by atoms with Crippen LogP contribution in [0.2, 0.25) is 0 Å². The van der Waals surface area contributed by atoms with Crippen molar-refractivity contribution in [3.63, 3.8) is 0 Å². The zero-order valence-corrected chi connectivity index (χ0v) is 13.1. The topological polar surface area (TPSA) is 148 Å². The largest absolute Gasteiger partial charge is 4.00 e. The van der Waals surface area contributed by atoms with Gasteiger partial charge >= 0.3 is 70.6 Å². The molecule has 11 heteroatoms. The van der Waals surface area contributed by atoms with Gasteiger partial charge < -0.3 is 32.9 Å². The zero-order chi connectivity index (χ0) is 7.71. The Morgan fingerprint density at radius 3 is 0.909 bits per heavy atom. The molecule has 0 fully saturated rings. The summed E-state index contributed by atoms with van der Waals surface area (Å²) in [4.78, 5) is 56.2. The van der Waals surface area contributed by atoms with Gasteiger partial charge in [-0.1, -0.05) is 0 Å². The van der Waals surface area contributed by atoms with E-state index in [0.717, 1.165) is 0 Å². The Kier molecular flexibility index (Phi) is 11.8. The third kappa shape index (κ3) is 19.0. The maximum atomic E-state index is 9.36. The Labute approximate surface area is 120 Å². The van der Waals surface area contributed by atoms with Crippen molar-refractivity contribution in [1.29, 1.82) is 0 Å². The molecule has 0 aliphatic carbocycles.